The number of ether oxygens (including phenoxy) is 2. The fourth-order valence-corrected chi connectivity index (χ4v) is 3.97. The van der Waals surface area contributed by atoms with Crippen molar-refractivity contribution in [1.29, 1.82) is 0 Å². The number of anilines is 2. The molecule has 10 nitrogen and oxygen atoms in total. The molecule has 206 valence electrons. The van der Waals surface area contributed by atoms with Crippen LogP contribution in [0.1, 0.15) is 28.0 Å². The van der Waals surface area contributed by atoms with Gasteiger partial charge < -0.3 is 25.4 Å². The molecule has 39 heavy (non-hydrogen) atoms. The van der Waals surface area contributed by atoms with E-state index in [1.807, 2.05) is 0 Å². The summed E-state index contributed by atoms with van der Waals surface area (Å²) in [6.45, 7) is 0.00581. The van der Waals surface area contributed by atoms with Gasteiger partial charge in [-0.25, -0.2) is 14.4 Å². The first kappa shape index (κ1) is 28.0. The second kappa shape index (κ2) is 11.4. The topological polar surface area (TPSA) is 127 Å². The number of hydrogen-bond donors (Lipinski definition) is 3. The predicted molar refractivity (Wildman–Crippen MR) is 130 cm³/mol. The Morgan fingerprint density at radius 1 is 1.15 bits per heavy atom. The second-order valence-electron chi connectivity index (χ2n) is 8.45. The van der Waals surface area contributed by atoms with E-state index in [1.165, 1.54) is 31.8 Å². The van der Waals surface area contributed by atoms with Crippen LogP contribution >= 0.6 is 11.6 Å². The number of nitrogens with one attached hydrogen (secondary N) is 3. The highest BCUT2D eigenvalue weighted by molar-refractivity contribution is 6.31. The number of hydrogen-bond acceptors (Lipinski definition) is 8. The highest BCUT2D eigenvalue weighted by Gasteiger charge is 2.44. The monoisotopic (exact) mass is 568 g/mol. The lowest BCUT2D eigenvalue weighted by Crippen LogP contribution is -2.59. The molecule has 3 N–H and O–H groups in total. The number of benzene rings is 1. The minimum Gasteiger partial charge on any atom is -0.467 e. The highest BCUT2D eigenvalue weighted by Crippen LogP contribution is 2.36. The molecule has 1 atom stereocenters. The maximum Gasteiger partial charge on any atom is 0.418 e. The van der Waals surface area contributed by atoms with E-state index in [9.17, 15) is 27.2 Å². The lowest BCUT2D eigenvalue weighted by molar-refractivity contribution is -0.137. The minimum absolute atomic E-state index is 0.0482. The summed E-state index contributed by atoms with van der Waals surface area (Å²) in [5.41, 5.74) is -2.51. The molecule has 0 bridgehead atoms. The number of pyridine rings is 1. The average Bonchev–Trinajstić information content (AvgIpc) is 3.38. The molecule has 1 aliphatic heterocycles. The molecule has 1 fully saturated rings. The van der Waals surface area contributed by atoms with Crippen molar-refractivity contribution in [2.75, 3.05) is 25.6 Å². The molecule has 3 heterocycles. The molecule has 1 saturated heterocycles. The number of carbonyl (C=O) groups is 2. The first-order chi connectivity index (χ1) is 18.5. The maximum atomic E-state index is 13.4. The lowest BCUT2D eigenvalue weighted by Gasteiger charge is -2.27. The molecule has 0 saturated carbocycles. The Hall–Kier alpha value is -4.04. The summed E-state index contributed by atoms with van der Waals surface area (Å²) in [4.78, 5) is 37.7. The predicted octanol–water partition coefficient (Wildman–Crippen LogP) is 3.64. The number of alkyl halides is 3. The van der Waals surface area contributed by atoms with Crippen LogP contribution in [0.3, 0.4) is 0 Å². The Bertz CT molecular complexity index is 1370. The van der Waals surface area contributed by atoms with Gasteiger partial charge in [-0.2, -0.15) is 13.2 Å². The number of carbonyl (C=O) groups excluding carboxylic acids is 2. The fraction of sp³-hybridized carbons (Fsp3) is 0.292. The van der Waals surface area contributed by atoms with Crippen molar-refractivity contribution in [3.8, 4) is 6.01 Å². The third-order valence-corrected chi connectivity index (χ3v) is 6.11. The van der Waals surface area contributed by atoms with Crippen molar-refractivity contribution in [3.05, 3.63) is 70.5 Å². The molecule has 2 aromatic heterocycles. The molecular formula is C24H21ClF4N6O4. The molecular weight excluding hydrogens is 548 g/mol. The van der Waals surface area contributed by atoms with Crippen LogP contribution in [0.25, 0.3) is 0 Å². The van der Waals surface area contributed by atoms with E-state index in [2.05, 4.69) is 30.9 Å². The van der Waals surface area contributed by atoms with Gasteiger partial charge >= 0.3 is 12.2 Å². The summed E-state index contributed by atoms with van der Waals surface area (Å²) < 4.78 is 63.4. The summed E-state index contributed by atoms with van der Waals surface area (Å²) in [5.74, 6) is -2.18. The molecule has 0 aliphatic carbocycles. The summed E-state index contributed by atoms with van der Waals surface area (Å²) in [6.07, 6.45) is -0.861. The van der Waals surface area contributed by atoms with Gasteiger partial charge in [0.05, 0.1) is 59.7 Å². The SMILES string of the molecule is COc1ncc(C(=O)N[C@@]2(C(=O)NCc3ncc(Nc4ccc(F)cc4C(F)(F)F)cc3Cl)CCOC2)cn1. The van der Waals surface area contributed by atoms with E-state index in [4.69, 9.17) is 21.1 Å². The molecule has 1 aromatic carbocycles. The summed E-state index contributed by atoms with van der Waals surface area (Å²) in [6, 6.07) is 3.62. The first-order valence-corrected chi connectivity index (χ1v) is 11.7. The molecule has 3 aromatic rings. The van der Waals surface area contributed by atoms with Gasteiger partial charge in [0, 0.05) is 25.4 Å². The van der Waals surface area contributed by atoms with Gasteiger partial charge in [-0.1, -0.05) is 11.6 Å². The van der Waals surface area contributed by atoms with Crippen LogP contribution in [0.5, 0.6) is 6.01 Å². The van der Waals surface area contributed by atoms with Crippen LogP contribution in [-0.4, -0.2) is 52.6 Å². The zero-order chi connectivity index (χ0) is 28.2. The van der Waals surface area contributed by atoms with E-state index in [0.29, 0.717) is 6.07 Å². The molecule has 0 radical (unpaired) electrons. The molecule has 2 amide bonds. The number of methoxy groups -OCH3 is 1. The Kier molecular flexibility index (Phi) is 8.16. The average molecular weight is 569 g/mol. The molecule has 1 aliphatic rings. The van der Waals surface area contributed by atoms with Gasteiger partial charge in [-0.15, -0.1) is 0 Å². The van der Waals surface area contributed by atoms with Crippen molar-refractivity contribution >= 4 is 34.8 Å². The van der Waals surface area contributed by atoms with Gasteiger partial charge in [0.2, 0.25) is 5.91 Å². The number of nitrogens with zero attached hydrogens (tertiary/aromatic N) is 3. The van der Waals surface area contributed by atoms with E-state index in [1.54, 1.807) is 0 Å². The number of amides is 2. The van der Waals surface area contributed by atoms with E-state index >= 15 is 0 Å². The fourth-order valence-electron chi connectivity index (χ4n) is 3.74. The Labute approximate surface area is 224 Å². The molecule has 15 heteroatoms. The number of rotatable bonds is 8. The van der Waals surface area contributed by atoms with Crippen molar-refractivity contribution in [2.24, 2.45) is 0 Å². The van der Waals surface area contributed by atoms with Crippen LogP contribution in [0, 0.1) is 5.82 Å². The van der Waals surface area contributed by atoms with Crippen LogP contribution in [0.15, 0.2) is 42.9 Å². The Morgan fingerprint density at radius 3 is 2.51 bits per heavy atom. The largest absolute Gasteiger partial charge is 0.467 e. The van der Waals surface area contributed by atoms with Gasteiger partial charge in [-0.3, -0.25) is 14.6 Å². The highest BCUT2D eigenvalue weighted by atomic mass is 35.5. The van der Waals surface area contributed by atoms with Crippen molar-refractivity contribution in [1.82, 2.24) is 25.6 Å². The van der Waals surface area contributed by atoms with Crippen molar-refractivity contribution in [2.45, 2.75) is 24.7 Å². The van der Waals surface area contributed by atoms with Gasteiger partial charge in [-0.05, 0) is 24.3 Å². The summed E-state index contributed by atoms with van der Waals surface area (Å²) in [5, 5.41) is 7.91. The van der Waals surface area contributed by atoms with Crippen LogP contribution in [0.2, 0.25) is 5.02 Å². The summed E-state index contributed by atoms with van der Waals surface area (Å²) in [7, 11) is 1.38. The van der Waals surface area contributed by atoms with Crippen LogP contribution in [-0.2, 0) is 22.3 Å². The second-order valence-corrected chi connectivity index (χ2v) is 8.85. The number of aromatic nitrogens is 3. The lowest BCUT2D eigenvalue weighted by atomic mass is 9.96. The third kappa shape index (κ3) is 6.52. The van der Waals surface area contributed by atoms with Crippen molar-refractivity contribution in [3.63, 3.8) is 0 Å². The zero-order valence-corrected chi connectivity index (χ0v) is 21.0. The molecule has 0 spiro atoms. The summed E-state index contributed by atoms with van der Waals surface area (Å²) >= 11 is 6.26. The standard InChI is InChI=1S/C24H21ClF4N6O4/c1-38-22-32-8-13(9-33-22)20(36)35-23(4-5-39-12-23)21(37)31-11-19-17(25)7-15(10-30-19)34-18-3-2-14(26)6-16(18)24(27,28)29/h2-3,6-10,34H,4-5,11-12H2,1H3,(H,31,37)(H,35,36)/t23-/m0/s1. The van der Waals surface area contributed by atoms with Gasteiger partial charge in [0.15, 0.2) is 0 Å². The van der Waals surface area contributed by atoms with Crippen LogP contribution in [0.4, 0.5) is 28.9 Å². The van der Waals surface area contributed by atoms with Crippen LogP contribution < -0.4 is 20.7 Å². The van der Waals surface area contributed by atoms with Crippen molar-refractivity contribution < 1.29 is 36.6 Å². The molecule has 0 unspecified atom stereocenters. The minimum atomic E-state index is -4.79. The van der Waals surface area contributed by atoms with Gasteiger partial charge in [0.25, 0.3) is 5.91 Å². The smallest absolute Gasteiger partial charge is 0.418 e. The third-order valence-electron chi connectivity index (χ3n) is 5.78. The van der Waals surface area contributed by atoms with E-state index < -0.39 is 34.9 Å². The normalized spacial score (nSPS) is 17.0. The Balaban J connectivity index is 1.43. The molecule has 4 rings (SSSR count). The Morgan fingerprint density at radius 2 is 1.90 bits per heavy atom. The quantitative estimate of drug-likeness (QED) is 0.352. The number of halogens is 5. The van der Waals surface area contributed by atoms with E-state index in [0.717, 1.165) is 12.1 Å². The first-order valence-electron chi connectivity index (χ1n) is 11.3. The zero-order valence-electron chi connectivity index (χ0n) is 20.2. The van der Waals surface area contributed by atoms with Gasteiger partial charge in [0.1, 0.15) is 11.4 Å². The maximum absolute atomic E-state index is 13.4. The van der Waals surface area contributed by atoms with E-state index in [-0.39, 0.29) is 59.8 Å².